The second-order valence-corrected chi connectivity index (χ2v) is 5.30. The van der Waals surface area contributed by atoms with E-state index in [9.17, 15) is 9.59 Å². The third kappa shape index (κ3) is 4.86. The molecule has 0 bridgehead atoms. The van der Waals surface area contributed by atoms with Crippen LogP contribution in [0.5, 0.6) is 11.5 Å². The molecule has 23 heavy (non-hydrogen) atoms. The molecule has 0 unspecified atom stereocenters. The smallest absolute Gasteiger partial charge is 0.335 e. The molecule has 2 aromatic rings. The SMILES string of the molecule is COc1cc(C=O)cc(Br)c1OCc1ccc(C(=O)O)cc1.[V]. The quantitative estimate of drug-likeness (QED) is 0.730. The number of aromatic carboxylic acids is 1. The molecule has 0 amide bonds. The minimum Gasteiger partial charge on any atom is -0.493 e. The monoisotopic (exact) mass is 415 g/mol. The Hall–Kier alpha value is -1.76. The van der Waals surface area contributed by atoms with E-state index in [0.717, 1.165) is 11.8 Å². The zero-order valence-corrected chi connectivity index (χ0v) is 15.1. The van der Waals surface area contributed by atoms with E-state index in [-0.39, 0.29) is 30.7 Å². The topological polar surface area (TPSA) is 72.8 Å². The first-order chi connectivity index (χ1) is 10.5. The van der Waals surface area contributed by atoms with Crippen LogP contribution in [0.1, 0.15) is 26.3 Å². The molecule has 1 N–H and O–H groups in total. The van der Waals surface area contributed by atoms with Crippen LogP contribution in [0.15, 0.2) is 40.9 Å². The molecule has 0 heterocycles. The summed E-state index contributed by atoms with van der Waals surface area (Å²) in [6.07, 6.45) is 0.724. The van der Waals surface area contributed by atoms with Crippen molar-refractivity contribution in [3.05, 3.63) is 57.6 Å². The van der Waals surface area contributed by atoms with Crippen LogP contribution in [0.4, 0.5) is 0 Å². The summed E-state index contributed by atoms with van der Waals surface area (Å²) in [5.41, 5.74) is 1.51. The van der Waals surface area contributed by atoms with Gasteiger partial charge in [-0.05, 0) is 45.8 Å². The van der Waals surface area contributed by atoms with Gasteiger partial charge in [-0.3, -0.25) is 4.79 Å². The number of ether oxygens (including phenoxy) is 2. The van der Waals surface area contributed by atoms with Gasteiger partial charge in [0.25, 0.3) is 0 Å². The fourth-order valence-electron chi connectivity index (χ4n) is 1.85. The zero-order chi connectivity index (χ0) is 16.1. The molecule has 5 nitrogen and oxygen atoms in total. The number of halogens is 1. The van der Waals surface area contributed by atoms with Crippen LogP contribution in [0.2, 0.25) is 0 Å². The van der Waals surface area contributed by atoms with E-state index in [1.165, 1.54) is 19.2 Å². The summed E-state index contributed by atoms with van der Waals surface area (Å²) in [5.74, 6) is -0.0459. The number of carboxylic acid groups (broad SMARTS) is 1. The van der Waals surface area contributed by atoms with Gasteiger partial charge in [0.2, 0.25) is 0 Å². The molecular formula is C16H13BrO5V. The van der Waals surface area contributed by atoms with Gasteiger partial charge in [0.05, 0.1) is 17.1 Å². The van der Waals surface area contributed by atoms with Gasteiger partial charge >= 0.3 is 5.97 Å². The van der Waals surface area contributed by atoms with Crippen molar-refractivity contribution in [1.82, 2.24) is 0 Å². The fraction of sp³-hybridized carbons (Fsp3) is 0.125. The third-order valence-electron chi connectivity index (χ3n) is 2.97. The molecular weight excluding hydrogens is 403 g/mol. The van der Waals surface area contributed by atoms with Crippen LogP contribution < -0.4 is 9.47 Å². The van der Waals surface area contributed by atoms with Gasteiger partial charge in [-0.25, -0.2) is 4.79 Å². The third-order valence-corrected chi connectivity index (χ3v) is 3.56. The molecule has 0 fully saturated rings. The Morgan fingerprint density at radius 1 is 1.26 bits per heavy atom. The number of hydrogen-bond donors (Lipinski definition) is 1. The van der Waals surface area contributed by atoms with E-state index in [0.29, 0.717) is 21.5 Å². The van der Waals surface area contributed by atoms with Crippen molar-refractivity contribution in [3.63, 3.8) is 0 Å². The Morgan fingerprint density at radius 2 is 1.91 bits per heavy atom. The summed E-state index contributed by atoms with van der Waals surface area (Å²) in [6.45, 7) is 0.245. The first-order valence-electron chi connectivity index (χ1n) is 6.33. The Labute approximate surface area is 153 Å². The summed E-state index contributed by atoms with van der Waals surface area (Å²) in [5, 5.41) is 8.86. The number of benzene rings is 2. The molecule has 0 saturated carbocycles. The van der Waals surface area contributed by atoms with Crippen LogP contribution >= 0.6 is 15.9 Å². The average molecular weight is 416 g/mol. The Balaban J connectivity index is 0.00000264. The number of hydrogen-bond acceptors (Lipinski definition) is 4. The maximum Gasteiger partial charge on any atom is 0.335 e. The van der Waals surface area contributed by atoms with Crippen molar-refractivity contribution < 1.29 is 42.7 Å². The first kappa shape index (κ1) is 19.3. The van der Waals surface area contributed by atoms with Gasteiger partial charge in [-0.1, -0.05) is 12.1 Å². The van der Waals surface area contributed by atoms with Gasteiger partial charge in [0.1, 0.15) is 12.9 Å². The molecule has 7 heteroatoms. The van der Waals surface area contributed by atoms with E-state index in [4.69, 9.17) is 14.6 Å². The summed E-state index contributed by atoms with van der Waals surface area (Å²) in [7, 11) is 1.49. The molecule has 0 spiro atoms. The van der Waals surface area contributed by atoms with Gasteiger partial charge in [-0.2, -0.15) is 0 Å². The standard InChI is InChI=1S/C16H13BrO5.V/c1-21-14-7-11(8-18)6-13(17)15(14)22-9-10-2-4-12(5-3-10)16(19)20;/h2-8H,9H2,1H3,(H,19,20);. The number of aldehydes is 1. The van der Waals surface area contributed by atoms with Crippen LogP contribution in [-0.4, -0.2) is 24.5 Å². The van der Waals surface area contributed by atoms with E-state index >= 15 is 0 Å². The Bertz CT molecular complexity index is 700. The number of carboxylic acids is 1. The average Bonchev–Trinajstić information content (AvgIpc) is 2.53. The zero-order valence-electron chi connectivity index (χ0n) is 12.2. The second-order valence-electron chi connectivity index (χ2n) is 4.44. The van der Waals surface area contributed by atoms with E-state index in [1.54, 1.807) is 24.3 Å². The van der Waals surface area contributed by atoms with Crippen LogP contribution in [0, 0.1) is 0 Å². The van der Waals surface area contributed by atoms with Crippen LogP contribution in [0.25, 0.3) is 0 Å². The Kier molecular flexibility index (Phi) is 7.35. The summed E-state index contributed by atoms with van der Waals surface area (Å²) >= 11 is 3.34. The van der Waals surface area contributed by atoms with Crippen molar-refractivity contribution in [2.75, 3.05) is 7.11 Å². The largest absolute Gasteiger partial charge is 0.493 e. The molecule has 119 valence electrons. The molecule has 0 atom stereocenters. The predicted octanol–water partition coefficient (Wildman–Crippen LogP) is 3.54. The van der Waals surface area contributed by atoms with Crippen molar-refractivity contribution in [2.24, 2.45) is 0 Å². The number of methoxy groups -OCH3 is 1. The summed E-state index contributed by atoms with van der Waals surface area (Å²) < 4.78 is 11.5. The fourth-order valence-corrected chi connectivity index (χ4v) is 2.42. The van der Waals surface area contributed by atoms with Crippen molar-refractivity contribution in [3.8, 4) is 11.5 Å². The molecule has 2 aromatic carbocycles. The van der Waals surface area contributed by atoms with E-state index in [2.05, 4.69) is 15.9 Å². The molecule has 2 rings (SSSR count). The van der Waals surface area contributed by atoms with Gasteiger partial charge in [0, 0.05) is 24.1 Å². The van der Waals surface area contributed by atoms with Crippen molar-refractivity contribution in [1.29, 1.82) is 0 Å². The second kappa shape index (κ2) is 8.77. The van der Waals surface area contributed by atoms with Crippen LogP contribution in [0.3, 0.4) is 0 Å². The maximum absolute atomic E-state index is 10.8. The normalized spacial score (nSPS) is 9.65. The molecule has 0 aromatic heterocycles. The molecule has 1 radical (unpaired) electrons. The predicted molar refractivity (Wildman–Crippen MR) is 83.8 cm³/mol. The van der Waals surface area contributed by atoms with E-state index in [1.807, 2.05) is 0 Å². The minimum atomic E-state index is -0.971. The molecule has 0 aliphatic rings. The molecule has 0 aliphatic carbocycles. The Morgan fingerprint density at radius 3 is 2.43 bits per heavy atom. The number of carbonyl (C=O) groups is 2. The molecule has 0 aliphatic heterocycles. The van der Waals surface area contributed by atoms with Gasteiger partial charge in [-0.15, -0.1) is 0 Å². The summed E-state index contributed by atoms with van der Waals surface area (Å²) in [4.78, 5) is 21.6. The van der Waals surface area contributed by atoms with Crippen molar-refractivity contribution >= 4 is 28.2 Å². The van der Waals surface area contributed by atoms with E-state index < -0.39 is 5.97 Å². The number of carbonyl (C=O) groups excluding carboxylic acids is 1. The number of rotatable bonds is 6. The van der Waals surface area contributed by atoms with Crippen molar-refractivity contribution in [2.45, 2.75) is 6.61 Å². The summed E-state index contributed by atoms with van der Waals surface area (Å²) in [6, 6.07) is 9.62. The van der Waals surface area contributed by atoms with Crippen LogP contribution in [-0.2, 0) is 25.2 Å². The van der Waals surface area contributed by atoms with Gasteiger partial charge < -0.3 is 14.6 Å². The first-order valence-corrected chi connectivity index (χ1v) is 7.12. The van der Waals surface area contributed by atoms with Gasteiger partial charge in [0.15, 0.2) is 11.5 Å². The maximum atomic E-state index is 10.8. The molecule has 0 saturated heterocycles. The minimum absolute atomic E-state index is 0.